The summed E-state index contributed by atoms with van der Waals surface area (Å²) in [6, 6.07) is 9.41. The largest absolute Gasteiger partial charge is 0.278 e. The van der Waals surface area contributed by atoms with Crippen LogP contribution in [0.5, 0.6) is 0 Å². The minimum absolute atomic E-state index is 0.525. The molecule has 0 saturated carbocycles. The Morgan fingerprint density at radius 1 is 1.14 bits per heavy atom. The molecule has 1 N–H and O–H groups in total. The van der Waals surface area contributed by atoms with Crippen LogP contribution in [0.15, 0.2) is 29.8 Å². The van der Waals surface area contributed by atoms with Crippen LogP contribution in [0.1, 0.15) is 43.4 Å². The summed E-state index contributed by atoms with van der Waals surface area (Å²) in [7, 11) is -0.917. The van der Waals surface area contributed by atoms with Crippen LogP contribution in [0, 0.1) is 0 Å². The van der Waals surface area contributed by atoms with Gasteiger partial charge in [-0.1, -0.05) is 23.8 Å². The first-order valence-electron chi connectivity index (χ1n) is 7.51. The molecule has 1 aliphatic carbocycles. The molecule has 0 radical (unpaired) electrons. The number of hydrogen-bond donors (Lipinski definition) is 1. The Kier molecular flexibility index (Phi) is 3.71. The van der Waals surface area contributed by atoms with E-state index in [-0.39, 0.29) is 0 Å². The highest BCUT2D eigenvalue weighted by Crippen LogP contribution is 2.63. The first-order valence-corrected chi connectivity index (χ1v) is 10.8. The van der Waals surface area contributed by atoms with Crippen molar-refractivity contribution in [1.29, 1.82) is 0 Å². The van der Waals surface area contributed by atoms with Crippen LogP contribution in [-0.4, -0.2) is 18.6 Å². The molecule has 1 aliphatic rings. The maximum Gasteiger partial charge on any atom is 0.0482 e. The highest BCUT2D eigenvalue weighted by atomic mass is 32.3. The number of allylic oxidation sites excluding steroid dienone is 1. The van der Waals surface area contributed by atoms with Crippen molar-refractivity contribution in [1.82, 2.24) is 4.72 Å². The molecule has 1 aromatic heterocycles. The van der Waals surface area contributed by atoms with Crippen molar-refractivity contribution in [2.45, 2.75) is 39.0 Å². The summed E-state index contributed by atoms with van der Waals surface area (Å²) in [6.07, 6.45) is 4.85. The number of benzene rings is 1. The summed E-state index contributed by atoms with van der Waals surface area (Å²) < 4.78 is 5.29. The minimum atomic E-state index is -0.917. The van der Waals surface area contributed by atoms with Gasteiger partial charge in [-0.15, -0.1) is 11.3 Å². The Hall–Kier alpha value is -0.770. The number of rotatable bonds is 3. The van der Waals surface area contributed by atoms with Gasteiger partial charge in [-0.25, -0.2) is 0 Å². The van der Waals surface area contributed by atoms with Gasteiger partial charge in [0.2, 0.25) is 0 Å². The quantitative estimate of drug-likeness (QED) is 0.762. The molecule has 1 heterocycles. The second-order valence-corrected chi connectivity index (χ2v) is 11.3. The van der Waals surface area contributed by atoms with Gasteiger partial charge >= 0.3 is 0 Å². The van der Waals surface area contributed by atoms with Crippen molar-refractivity contribution in [3.8, 4) is 0 Å². The minimum Gasteiger partial charge on any atom is -0.278 e. The number of thiophene rings is 1. The highest BCUT2D eigenvalue weighted by Gasteiger charge is 2.38. The summed E-state index contributed by atoms with van der Waals surface area (Å²) >= 11 is 1.96. The molecule has 2 aromatic rings. The van der Waals surface area contributed by atoms with Gasteiger partial charge in [0.1, 0.15) is 0 Å². The Morgan fingerprint density at radius 2 is 1.81 bits per heavy atom. The van der Waals surface area contributed by atoms with Crippen molar-refractivity contribution in [2.24, 2.45) is 0 Å². The fraction of sp³-hybridized carbons (Fsp3) is 0.444. The zero-order valence-corrected chi connectivity index (χ0v) is 15.4. The van der Waals surface area contributed by atoms with Crippen LogP contribution in [-0.2, 0) is 0 Å². The van der Waals surface area contributed by atoms with Gasteiger partial charge in [0.05, 0.1) is 0 Å². The predicted octanol–water partition coefficient (Wildman–Crippen LogP) is 5.73. The van der Waals surface area contributed by atoms with E-state index in [2.05, 4.69) is 69.2 Å². The normalized spacial score (nSPS) is 19.7. The van der Waals surface area contributed by atoms with Gasteiger partial charge in [0.15, 0.2) is 0 Å². The maximum atomic E-state index is 3.86. The van der Waals surface area contributed by atoms with Crippen molar-refractivity contribution >= 4 is 37.2 Å². The Bertz CT molecular complexity index is 722. The fourth-order valence-corrected chi connectivity index (χ4v) is 8.24. The van der Waals surface area contributed by atoms with E-state index >= 15 is 0 Å². The van der Waals surface area contributed by atoms with E-state index in [1.165, 1.54) is 20.5 Å². The van der Waals surface area contributed by atoms with Crippen LogP contribution >= 0.6 is 21.6 Å². The molecular formula is C18H25NS2. The summed E-state index contributed by atoms with van der Waals surface area (Å²) in [5.74, 6) is 0. The molecule has 0 bridgehead atoms. The average molecular weight is 320 g/mol. The van der Waals surface area contributed by atoms with Gasteiger partial charge < -0.3 is 0 Å². The van der Waals surface area contributed by atoms with E-state index in [1.54, 1.807) is 11.1 Å². The second-order valence-electron chi connectivity index (χ2n) is 6.71. The monoisotopic (exact) mass is 319 g/mol. The van der Waals surface area contributed by atoms with E-state index in [9.17, 15) is 0 Å². The SMILES string of the molecule is CC1=C(C)C(S(C)(C)NC(C)C)c2c1sc1ccccc21. The molecule has 0 amide bonds. The summed E-state index contributed by atoms with van der Waals surface area (Å²) in [5, 5.41) is 2.01. The van der Waals surface area contributed by atoms with E-state index in [4.69, 9.17) is 0 Å². The van der Waals surface area contributed by atoms with Crippen molar-refractivity contribution in [3.05, 3.63) is 40.3 Å². The highest BCUT2D eigenvalue weighted by molar-refractivity contribution is 8.31. The molecule has 3 rings (SSSR count). The molecule has 1 atom stereocenters. The van der Waals surface area contributed by atoms with Gasteiger partial charge in [0.25, 0.3) is 0 Å². The lowest BCUT2D eigenvalue weighted by Gasteiger charge is -2.42. The van der Waals surface area contributed by atoms with Crippen LogP contribution in [0.25, 0.3) is 15.7 Å². The lowest BCUT2D eigenvalue weighted by molar-refractivity contribution is 0.758. The average Bonchev–Trinajstić information content (AvgIpc) is 2.86. The summed E-state index contributed by atoms with van der Waals surface area (Å²) in [6.45, 7) is 9.14. The maximum absolute atomic E-state index is 3.86. The number of hydrogen-bond acceptors (Lipinski definition) is 2. The summed E-state index contributed by atoms with van der Waals surface area (Å²) in [4.78, 5) is 1.52. The molecule has 1 unspecified atom stereocenters. The van der Waals surface area contributed by atoms with Gasteiger partial charge in [-0.2, -0.15) is 10.2 Å². The molecule has 21 heavy (non-hydrogen) atoms. The number of nitrogens with one attached hydrogen (secondary N) is 1. The molecule has 1 nitrogen and oxygen atoms in total. The molecule has 0 saturated heterocycles. The molecule has 0 spiro atoms. The molecule has 114 valence electrons. The van der Waals surface area contributed by atoms with Crippen molar-refractivity contribution < 1.29 is 0 Å². The van der Waals surface area contributed by atoms with Crippen LogP contribution < -0.4 is 4.72 Å². The smallest absolute Gasteiger partial charge is 0.0482 e. The van der Waals surface area contributed by atoms with Crippen molar-refractivity contribution in [3.63, 3.8) is 0 Å². The molecule has 0 aliphatic heterocycles. The Balaban J connectivity index is 2.20. The third-order valence-corrected chi connectivity index (χ3v) is 8.50. The second kappa shape index (κ2) is 5.15. The third kappa shape index (κ3) is 2.36. The first kappa shape index (κ1) is 15.1. The standard InChI is InChI=1S/C18H25NS2/c1-11(2)19-21(5,6)18-13(4)12(3)17-16(18)14-9-7-8-10-15(14)20-17/h7-11,18-19H,1-6H3. The lowest BCUT2D eigenvalue weighted by Crippen LogP contribution is -2.29. The molecule has 1 aromatic carbocycles. The Labute approximate surface area is 133 Å². The lowest BCUT2D eigenvalue weighted by atomic mass is 10.1. The molecule has 0 fully saturated rings. The van der Waals surface area contributed by atoms with E-state index < -0.39 is 10.2 Å². The Morgan fingerprint density at radius 3 is 2.48 bits per heavy atom. The first-order chi connectivity index (χ1) is 9.83. The molecule has 3 heteroatoms. The van der Waals surface area contributed by atoms with E-state index in [1.807, 2.05) is 11.3 Å². The van der Waals surface area contributed by atoms with Gasteiger partial charge in [-0.3, -0.25) is 4.72 Å². The number of fused-ring (bicyclic) bond motifs is 3. The zero-order valence-electron chi connectivity index (χ0n) is 13.8. The zero-order chi connectivity index (χ0) is 15.4. The van der Waals surface area contributed by atoms with Crippen molar-refractivity contribution in [2.75, 3.05) is 12.5 Å². The third-order valence-electron chi connectivity index (χ3n) is 4.35. The van der Waals surface area contributed by atoms with Crippen LogP contribution in [0.4, 0.5) is 0 Å². The summed E-state index contributed by atoms with van der Waals surface area (Å²) in [5.41, 5.74) is 4.65. The fourth-order valence-electron chi connectivity index (χ4n) is 3.61. The predicted molar refractivity (Wildman–Crippen MR) is 101 cm³/mol. The van der Waals surface area contributed by atoms with Gasteiger partial charge in [0, 0.05) is 20.9 Å². The topological polar surface area (TPSA) is 12.0 Å². The van der Waals surface area contributed by atoms with Crippen LogP contribution in [0.3, 0.4) is 0 Å². The van der Waals surface area contributed by atoms with Gasteiger partial charge in [-0.05, 0) is 62.8 Å². The van der Waals surface area contributed by atoms with E-state index in [0.29, 0.717) is 11.3 Å². The van der Waals surface area contributed by atoms with E-state index in [0.717, 1.165) is 0 Å². The van der Waals surface area contributed by atoms with Crippen LogP contribution in [0.2, 0.25) is 0 Å². The molecular weight excluding hydrogens is 294 g/mol.